The van der Waals surface area contributed by atoms with E-state index in [0.717, 1.165) is 0 Å². The number of allylic oxidation sites excluding steroid dienone is 1. The third kappa shape index (κ3) is 3.68. The molecule has 0 aromatic heterocycles. The molecule has 0 saturated carbocycles. The third-order valence-electron chi connectivity index (χ3n) is 0.544. The van der Waals surface area contributed by atoms with Crippen LogP contribution in [0.5, 0.6) is 0 Å². The minimum absolute atomic E-state index is 0.342. The summed E-state index contributed by atoms with van der Waals surface area (Å²) >= 11 is 5.21. The van der Waals surface area contributed by atoms with Crippen LogP contribution in [-0.2, 0) is 9.53 Å². The zero-order valence-corrected chi connectivity index (χ0v) is 5.31. The molecular weight excluding hydrogens is 128 g/mol. The lowest BCUT2D eigenvalue weighted by Gasteiger charge is -1.85. The fraction of sp³-hybridized carbons (Fsp3) is 0.400. The summed E-state index contributed by atoms with van der Waals surface area (Å²) in [5.74, 6) is -0.0274. The van der Waals surface area contributed by atoms with E-state index in [4.69, 9.17) is 11.6 Å². The van der Waals surface area contributed by atoms with Crippen LogP contribution >= 0.6 is 11.6 Å². The van der Waals surface area contributed by atoms with E-state index in [-0.39, 0.29) is 5.97 Å². The van der Waals surface area contributed by atoms with Crippen LogP contribution in [0.15, 0.2) is 12.2 Å². The highest BCUT2D eigenvalue weighted by molar-refractivity contribution is 6.19. The van der Waals surface area contributed by atoms with E-state index in [9.17, 15) is 4.79 Å². The zero-order valence-electron chi connectivity index (χ0n) is 4.56. The molecule has 0 spiro atoms. The molecule has 0 aliphatic heterocycles. The zero-order chi connectivity index (χ0) is 6.41. The third-order valence-corrected chi connectivity index (χ3v) is 0.722. The number of carbonyl (C=O) groups is 1. The van der Waals surface area contributed by atoms with Crippen molar-refractivity contribution in [2.75, 3.05) is 13.0 Å². The normalized spacial score (nSPS) is 9.75. The number of hydrogen-bond donors (Lipinski definition) is 0. The maximum atomic E-state index is 10.2. The van der Waals surface area contributed by atoms with E-state index >= 15 is 0 Å². The van der Waals surface area contributed by atoms with E-state index in [2.05, 4.69) is 4.74 Å². The minimum atomic E-state index is -0.370. The molecule has 46 valence electrons. The van der Waals surface area contributed by atoms with E-state index in [1.54, 1.807) is 0 Å². The van der Waals surface area contributed by atoms with Crippen molar-refractivity contribution in [3.8, 4) is 0 Å². The first kappa shape index (κ1) is 7.50. The van der Waals surface area contributed by atoms with Gasteiger partial charge in [0.25, 0.3) is 0 Å². The van der Waals surface area contributed by atoms with Gasteiger partial charge in [-0.3, -0.25) is 0 Å². The maximum absolute atomic E-state index is 10.2. The number of ether oxygens (including phenoxy) is 1. The lowest BCUT2D eigenvalue weighted by molar-refractivity contribution is -0.134. The number of alkyl halides is 1. The van der Waals surface area contributed by atoms with Crippen molar-refractivity contribution in [3.63, 3.8) is 0 Å². The first-order chi connectivity index (χ1) is 3.81. The van der Waals surface area contributed by atoms with Crippen molar-refractivity contribution in [2.24, 2.45) is 0 Å². The maximum Gasteiger partial charge on any atom is 0.330 e. The number of rotatable bonds is 2. The second-order valence-corrected chi connectivity index (χ2v) is 1.39. The van der Waals surface area contributed by atoms with Gasteiger partial charge in [-0.2, -0.15) is 0 Å². The predicted molar refractivity (Wildman–Crippen MR) is 31.9 cm³/mol. The standard InChI is InChI=1S/C5H7ClO2/c1-8-5(7)3-2-4-6/h2-3H,4H2,1H3/b3-2+. The van der Waals surface area contributed by atoms with Gasteiger partial charge in [-0.1, -0.05) is 6.08 Å². The Morgan fingerprint density at radius 3 is 2.88 bits per heavy atom. The summed E-state index contributed by atoms with van der Waals surface area (Å²) in [6.45, 7) is 0. The predicted octanol–water partition coefficient (Wildman–Crippen LogP) is 0.954. The van der Waals surface area contributed by atoms with Crippen molar-refractivity contribution in [1.29, 1.82) is 0 Å². The fourth-order valence-corrected chi connectivity index (χ4v) is 0.298. The second kappa shape index (κ2) is 4.65. The molecule has 0 aliphatic rings. The highest BCUT2D eigenvalue weighted by Crippen LogP contribution is 1.79. The first-order valence-corrected chi connectivity index (χ1v) is 2.65. The fourth-order valence-electron chi connectivity index (χ4n) is 0.209. The molecule has 0 bridgehead atoms. The summed E-state index contributed by atoms with van der Waals surface area (Å²) in [6, 6.07) is 0. The molecule has 0 aromatic carbocycles. The van der Waals surface area contributed by atoms with Crippen molar-refractivity contribution in [1.82, 2.24) is 0 Å². The molecule has 0 saturated heterocycles. The number of carbonyl (C=O) groups excluding carboxylic acids is 1. The Labute approximate surface area is 53.1 Å². The van der Waals surface area contributed by atoms with Gasteiger partial charge in [-0.25, -0.2) is 4.79 Å². The first-order valence-electron chi connectivity index (χ1n) is 2.11. The number of methoxy groups -OCH3 is 1. The summed E-state index contributed by atoms with van der Waals surface area (Å²) in [7, 11) is 1.32. The lowest BCUT2D eigenvalue weighted by atomic mass is 10.5. The monoisotopic (exact) mass is 134 g/mol. The quantitative estimate of drug-likeness (QED) is 0.319. The van der Waals surface area contributed by atoms with E-state index in [0.29, 0.717) is 5.88 Å². The molecule has 0 unspecified atom stereocenters. The molecule has 0 aromatic rings. The Balaban J connectivity index is 3.37. The summed E-state index contributed by atoms with van der Waals surface area (Å²) in [5.41, 5.74) is 0. The van der Waals surface area contributed by atoms with Gasteiger partial charge in [0.15, 0.2) is 0 Å². The molecule has 0 N–H and O–H groups in total. The molecule has 2 nitrogen and oxygen atoms in total. The summed E-state index contributed by atoms with van der Waals surface area (Å²) in [4.78, 5) is 10.2. The number of esters is 1. The van der Waals surface area contributed by atoms with Crippen molar-refractivity contribution < 1.29 is 9.53 Å². The van der Waals surface area contributed by atoms with Gasteiger partial charge in [0, 0.05) is 12.0 Å². The van der Waals surface area contributed by atoms with Crippen LogP contribution in [0.3, 0.4) is 0 Å². The Morgan fingerprint density at radius 1 is 1.88 bits per heavy atom. The second-order valence-electron chi connectivity index (χ2n) is 1.08. The molecule has 8 heavy (non-hydrogen) atoms. The molecule has 0 radical (unpaired) electrons. The SMILES string of the molecule is COC(=O)/C=C/CCl. The molecule has 0 atom stereocenters. The summed E-state index contributed by atoms with van der Waals surface area (Å²) in [5, 5.41) is 0. The lowest BCUT2D eigenvalue weighted by Crippen LogP contribution is -1.93. The Kier molecular flexibility index (Phi) is 4.36. The van der Waals surface area contributed by atoms with Gasteiger partial charge in [0.1, 0.15) is 0 Å². The van der Waals surface area contributed by atoms with Crippen LogP contribution in [-0.4, -0.2) is 19.0 Å². The van der Waals surface area contributed by atoms with Gasteiger partial charge in [0.2, 0.25) is 0 Å². The molecule has 0 aliphatic carbocycles. The van der Waals surface area contributed by atoms with Crippen LogP contribution in [0, 0.1) is 0 Å². The van der Waals surface area contributed by atoms with E-state index in [1.165, 1.54) is 19.3 Å². The molecule has 0 amide bonds. The van der Waals surface area contributed by atoms with Crippen molar-refractivity contribution in [3.05, 3.63) is 12.2 Å². The van der Waals surface area contributed by atoms with E-state index in [1.807, 2.05) is 0 Å². The van der Waals surface area contributed by atoms with Crippen LogP contribution in [0.25, 0.3) is 0 Å². The van der Waals surface area contributed by atoms with Gasteiger partial charge < -0.3 is 4.74 Å². The molecule has 3 heteroatoms. The van der Waals surface area contributed by atoms with E-state index < -0.39 is 0 Å². The van der Waals surface area contributed by atoms with Crippen LogP contribution in [0.1, 0.15) is 0 Å². The largest absolute Gasteiger partial charge is 0.466 e. The Morgan fingerprint density at radius 2 is 2.50 bits per heavy atom. The Bertz CT molecular complexity index is 98.6. The summed E-state index contributed by atoms with van der Waals surface area (Å²) < 4.78 is 4.27. The smallest absolute Gasteiger partial charge is 0.330 e. The van der Waals surface area contributed by atoms with Gasteiger partial charge in [-0.05, 0) is 0 Å². The van der Waals surface area contributed by atoms with Gasteiger partial charge in [0.05, 0.1) is 7.11 Å². The molecule has 0 rings (SSSR count). The van der Waals surface area contributed by atoms with Crippen LogP contribution in [0.2, 0.25) is 0 Å². The number of halogens is 1. The molecule has 0 heterocycles. The minimum Gasteiger partial charge on any atom is -0.466 e. The highest BCUT2D eigenvalue weighted by Gasteiger charge is 1.86. The van der Waals surface area contributed by atoms with Crippen molar-refractivity contribution in [2.45, 2.75) is 0 Å². The summed E-state index contributed by atoms with van der Waals surface area (Å²) in [6.07, 6.45) is 2.81. The highest BCUT2D eigenvalue weighted by atomic mass is 35.5. The van der Waals surface area contributed by atoms with Crippen molar-refractivity contribution >= 4 is 17.6 Å². The average molecular weight is 135 g/mol. The van der Waals surface area contributed by atoms with Gasteiger partial charge in [-0.15, -0.1) is 11.6 Å². The molecular formula is C5H7ClO2. The Hall–Kier alpha value is -0.500. The van der Waals surface area contributed by atoms with Crippen LogP contribution in [0.4, 0.5) is 0 Å². The van der Waals surface area contributed by atoms with Gasteiger partial charge >= 0.3 is 5.97 Å². The number of hydrogen-bond acceptors (Lipinski definition) is 2. The van der Waals surface area contributed by atoms with Crippen LogP contribution < -0.4 is 0 Å². The average Bonchev–Trinajstić information content (AvgIpc) is 1.83. The molecule has 0 fully saturated rings. The topological polar surface area (TPSA) is 26.3 Å².